The molecule has 0 aliphatic carbocycles. The Hall–Kier alpha value is -3.54. The second kappa shape index (κ2) is 12.5. The van der Waals surface area contributed by atoms with Crippen molar-refractivity contribution in [1.82, 2.24) is 19.8 Å². The maximum absolute atomic E-state index is 11.5. The summed E-state index contributed by atoms with van der Waals surface area (Å²) in [6, 6.07) is 10.3. The van der Waals surface area contributed by atoms with Crippen LogP contribution in [0.3, 0.4) is 0 Å². The molecule has 0 bridgehead atoms. The standard InChI is InChI=1S/C29H37ClN6O5/c1-19(16-33(2)3)41-28-31-23-17-36(10-9-22(23)27(32-28)34-11-13-35(14-12-34)29(37)38)24-15-25(40-18-39-4)26(30)21-8-6-5-7-20(21)24/h5-8,15,19H,9-14,16-18H2,1-4H3,(H,37,38). The van der Waals surface area contributed by atoms with Gasteiger partial charge in [0.15, 0.2) is 6.79 Å². The average Bonchev–Trinajstić information content (AvgIpc) is 2.96. The number of nitrogens with zero attached hydrogens (tertiary/aromatic N) is 6. The fourth-order valence-electron chi connectivity index (χ4n) is 5.53. The predicted octanol–water partition coefficient (Wildman–Crippen LogP) is 3.96. The lowest BCUT2D eigenvalue weighted by molar-refractivity contribution is 0.0513. The average molecular weight is 585 g/mol. The molecule has 0 saturated carbocycles. The van der Waals surface area contributed by atoms with Crippen LogP contribution in [0, 0.1) is 0 Å². The molecule has 2 aliphatic rings. The fourth-order valence-corrected chi connectivity index (χ4v) is 5.81. The number of hydrogen-bond acceptors (Lipinski definition) is 9. The number of carbonyl (C=O) groups is 1. The fraction of sp³-hybridized carbons (Fsp3) is 0.483. The first-order chi connectivity index (χ1) is 19.7. The molecule has 2 aliphatic heterocycles. The summed E-state index contributed by atoms with van der Waals surface area (Å²) < 4.78 is 17.2. The van der Waals surface area contributed by atoms with E-state index in [2.05, 4.69) is 20.8 Å². The van der Waals surface area contributed by atoms with Crippen LogP contribution in [0.15, 0.2) is 30.3 Å². The molecule has 1 unspecified atom stereocenters. The maximum atomic E-state index is 11.5. The van der Waals surface area contributed by atoms with Crippen LogP contribution in [-0.4, -0.2) is 104 Å². The Balaban J connectivity index is 1.51. The van der Waals surface area contributed by atoms with E-state index in [1.54, 1.807) is 7.11 Å². The molecule has 1 N–H and O–H groups in total. The van der Waals surface area contributed by atoms with E-state index in [9.17, 15) is 9.90 Å². The van der Waals surface area contributed by atoms with Gasteiger partial charge >= 0.3 is 12.1 Å². The first kappa shape index (κ1) is 29.0. The van der Waals surface area contributed by atoms with E-state index in [4.69, 9.17) is 35.8 Å². The van der Waals surface area contributed by atoms with Crippen molar-refractivity contribution >= 4 is 40.0 Å². The Morgan fingerprint density at radius 1 is 1.10 bits per heavy atom. The second-order valence-electron chi connectivity index (χ2n) is 10.7. The minimum atomic E-state index is -0.893. The van der Waals surface area contributed by atoms with Gasteiger partial charge in [-0.1, -0.05) is 35.9 Å². The zero-order valence-corrected chi connectivity index (χ0v) is 24.7. The van der Waals surface area contributed by atoms with Crippen molar-refractivity contribution in [2.75, 3.05) is 77.1 Å². The van der Waals surface area contributed by atoms with Gasteiger partial charge in [-0.25, -0.2) is 4.79 Å². The molecule has 1 fully saturated rings. The van der Waals surface area contributed by atoms with Crippen LogP contribution >= 0.6 is 11.6 Å². The molecule has 12 heteroatoms. The second-order valence-corrected chi connectivity index (χ2v) is 11.1. The van der Waals surface area contributed by atoms with E-state index in [1.165, 1.54) is 4.90 Å². The van der Waals surface area contributed by atoms with Gasteiger partial charge in [0.25, 0.3) is 0 Å². The summed E-state index contributed by atoms with van der Waals surface area (Å²) >= 11 is 6.73. The summed E-state index contributed by atoms with van der Waals surface area (Å²) in [5.74, 6) is 1.39. The van der Waals surface area contributed by atoms with Crippen molar-refractivity contribution in [2.24, 2.45) is 0 Å². The quantitative estimate of drug-likeness (QED) is 0.372. The molecule has 1 atom stereocenters. The number of amides is 1. The van der Waals surface area contributed by atoms with Crippen molar-refractivity contribution < 1.29 is 24.1 Å². The lowest BCUT2D eigenvalue weighted by Crippen LogP contribution is -2.49. The number of aromatic nitrogens is 2. The third kappa shape index (κ3) is 6.37. The Kier molecular flexibility index (Phi) is 8.86. The predicted molar refractivity (Wildman–Crippen MR) is 159 cm³/mol. The number of hydrogen-bond donors (Lipinski definition) is 1. The largest absolute Gasteiger partial charge is 0.466 e. The summed E-state index contributed by atoms with van der Waals surface area (Å²) in [6.07, 6.45) is -0.279. The molecule has 2 aromatic carbocycles. The highest BCUT2D eigenvalue weighted by Gasteiger charge is 2.30. The Labute approximate surface area is 245 Å². The Bertz CT molecular complexity index is 1400. The van der Waals surface area contributed by atoms with Gasteiger partial charge in [0, 0.05) is 74.5 Å². The molecule has 1 saturated heterocycles. The van der Waals surface area contributed by atoms with Crippen LogP contribution in [0.1, 0.15) is 18.2 Å². The molecule has 41 heavy (non-hydrogen) atoms. The van der Waals surface area contributed by atoms with Crippen LogP contribution < -0.4 is 19.3 Å². The molecule has 3 aromatic rings. The molecular formula is C29H37ClN6O5. The summed E-state index contributed by atoms with van der Waals surface area (Å²) in [5.41, 5.74) is 2.97. The molecule has 1 amide bonds. The molecule has 11 nitrogen and oxygen atoms in total. The van der Waals surface area contributed by atoms with Gasteiger partial charge < -0.3 is 38.9 Å². The number of ether oxygens (including phenoxy) is 3. The van der Waals surface area contributed by atoms with Gasteiger partial charge in [0.1, 0.15) is 17.7 Å². The number of rotatable bonds is 9. The third-order valence-electron chi connectivity index (χ3n) is 7.40. The van der Waals surface area contributed by atoms with E-state index in [-0.39, 0.29) is 12.9 Å². The lowest BCUT2D eigenvalue weighted by Gasteiger charge is -2.37. The summed E-state index contributed by atoms with van der Waals surface area (Å²) in [6.45, 7) is 6.09. The Morgan fingerprint density at radius 2 is 1.83 bits per heavy atom. The summed E-state index contributed by atoms with van der Waals surface area (Å²) in [7, 11) is 5.58. The van der Waals surface area contributed by atoms with Gasteiger partial charge in [-0.15, -0.1) is 0 Å². The Morgan fingerprint density at radius 3 is 2.51 bits per heavy atom. The van der Waals surface area contributed by atoms with Crippen molar-refractivity contribution in [2.45, 2.75) is 26.0 Å². The highest BCUT2D eigenvalue weighted by atomic mass is 35.5. The van der Waals surface area contributed by atoms with E-state index < -0.39 is 6.09 Å². The van der Waals surface area contributed by atoms with Gasteiger partial charge in [0.2, 0.25) is 0 Å². The van der Waals surface area contributed by atoms with Gasteiger partial charge in [-0.2, -0.15) is 9.97 Å². The van der Waals surface area contributed by atoms with Crippen LogP contribution in [0.2, 0.25) is 5.02 Å². The highest BCUT2D eigenvalue weighted by molar-refractivity contribution is 6.37. The smallest absolute Gasteiger partial charge is 0.407 e. The molecule has 3 heterocycles. The van der Waals surface area contributed by atoms with Gasteiger partial charge in [0.05, 0.1) is 17.3 Å². The molecule has 5 rings (SSSR count). The topological polar surface area (TPSA) is 104 Å². The minimum Gasteiger partial charge on any atom is -0.466 e. The number of carboxylic acid groups (broad SMARTS) is 1. The number of piperazine rings is 1. The highest BCUT2D eigenvalue weighted by Crippen LogP contribution is 2.41. The van der Waals surface area contributed by atoms with E-state index >= 15 is 0 Å². The minimum absolute atomic E-state index is 0.0951. The monoisotopic (exact) mass is 584 g/mol. The van der Waals surface area contributed by atoms with Crippen LogP contribution in [-0.2, 0) is 17.7 Å². The summed E-state index contributed by atoms with van der Waals surface area (Å²) in [4.78, 5) is 29.2. The summed E-state index contributed by atoms with van der Waals surface area (Å²) in [5, 5.41) is 11.9. The van der Waals surface area contributed by atoms with Crippen molar-refractivity contribution in [3.8, 4) is 11.8 Å². The van der Waals surface area contributed by atoms with Crippen LogP contribution in [0.5, 0.6) is 11.8 Å². The SMILES string of the molecule is COCOc1cc(N2CCc3c(nc(OC(C)CN(C)C)nc3N3CCN(C(=O)O)CC3)C2)c2ccccc2c1Cl. The number of likely N-dealkylation sites (N-methyl/N-ethyl adjacent to an activating group) is 1. The van der Waals surface area contributed by atoms with Crippen LogP contribution in [0.25, 0.3) is 10.8 Å². The zero-order chi connectivity index (χ0) is 29.1. The first-order valence-corrected chi connectivity index (χ1v) is 14.1. The number of fused-ring (bicyclic) bond motifs is 2. The first-order valence-electron chi connectivity index (χ1n) is 13.8. The number of halogens is 1. The number of benzene rings is 2. The van der Waals surface area contributed by atoms with Crippen molar-refractivity contribution in [3.63, 3.8) is 0 Å². The molecule has 1 aromatic heterocycles. The molecular weight excluding hydrogens is 548 g/mol. The van der Waals surface area contributed by atoms with Crippen molar-refractivity contribution in [3.05, 3.63) is 46.6 Å². The molecule has 0 spiro atoms. The lowest BCUT2D eigenvalue weighted by atomic mass is 10.0. The normalized spacial score (nSPS) is 16.2. The number of methoxy groups -OCH3 is 1. The number of anilines is 2. The van der Waals surface area contributed by atoms with E-state index in [0.717, 1.165) is 53.0 Å². The molecule has 220 valence electrons. The molecule has 0 radical (unpaired) electrons. The van der Waals surface area contributed by atoms with Gasteiger partial charge in [-0.3, -0.25) is 0 Å². The van der Waals surface area contributed by atoms with Gasteiger partial charge in [-0.05, 0) is 27.4 Å². The van der Waals surface area contributed by atoms with E-state index in [0.29, 0.717) is 49.5 Å². The maximum Gasteiger partial charge on any atom is 0.407 e. The third-order valence-corrected chi connectivity index (χ3v) is 7.79. The van der Waals surface area contributed by atoms with Crippen molar-refractivity contribution in [1.29, 1.82) is 0 Å². The zero-order valence-electron chi connectivity index (χ0n) is 24.0. The van der Waals surface area contributed by atoms with Crippen LogP contribution in [0.4, 0.5) is 16.3 Å². The van der Waals surface area contributed by atoms with E-state index in [1.807, 2.05) is 45.3 Å².